The van der Waals surface area contributed by atoms with E-state index in [9.17, 15) is 45.5 Å². The molecule has 0 amide bonds. The van der Waals surface area contributed by atoms with Gasteiger partial charge in [-0.05, 0) is 47.0 Å². The summed E-state index contributed by atoms with van der Waals surface area (Å²) >= 11 is 0. The molecule has 0 radical (unpaired) electrons. The van der Waals surface area contributed by atoms with Crippen molar-refractivity contribution in [2.75, 3.05) is 6.61 Å². The highest BCUT2D eigenvalue weighted by molar-refractivity contribution is 7.86. The van der Waals surface area contributed by atoms with Crippen molar-refractivity contribution < 1.29 is 50.3 Å². The number of phenolic OH excluding ortho intramolecular Hbond substituents is 2. The van der Waals surface area contributed by atoms with Crippen molar-refractivity contribution in [1.29, 1.82) is 0 Å². The zero-order valence-corrected chi connectivity index (χ0v) is 18.4. The summed E-state index contributed by atoms with van der Waals surface area (Å²) in [6, 6.07) is 17.1. The number of aromatic hydroxyl groups is 2. The molecular formula is C23H17F4O7S-. The van der Waals surface area contributed by atoms with Crippen LogP contribution in [0.5, 0.6) is 11.5 Å². The molecule has 2 N–H and O–H groups in total. The van der Waals surface area contributed by atoms with E-state index in [1.807, 2.05) is 0 Å². The van der Waals surface area contributed by atoms with E-state index in [0.29, 0.717) is 11.1 Å². The molecule has 0 heterocycles. The summed E-state index contributed by atoms with van der Waals surface area (Å²) in [5.74, 6) is -7.82. The highest BCUT2D eigenvalue weighted by Gasteiger charge is 2.62. The lowest BCUT2D eigenvalue weighted by molar-refractivity contribution is -0.182. The van der Waals surface area contributed by atoms with Gasteiger partial charge < -0.3 is 19.5 Å². The monoisotopic (exact) mass is 513 g/mol. The summed E-state index contributed by atoms with van der Waals surface area (Å²) in [6.07, 6.45) is 0. The molecule has 0 bridgehead atoms. The summed E-state index contributed by atoms with van der Waals surface area (Å²) < 4.78 is 90.4. The quantitative estimate of drug-likeness (QED) is 0.200. The first-order valence-corrected chi connectivity index (χ1v) is 11.2. The van der Waals surface area contributed by atoms with Gasteiger partial charge in [-0.1, -0.05) is 42.5 Å². The first kappa shape index (κ1) is 26.0. The van der Waals surface area contributed by atoms with E-state index in [4.69, 9.17) is 0 Å². The minimum absolute atomic E-state index is 0.0533. The highest BCUT2D eigenvalue weighted by Crippen LogP contribution is 2.39. The number of alkyl halides is 4. The molecular weight excluding hydrogens is 496 g/mol. The van der Waals surface area contributed by atoms with Gasteiger partial charge in [-0.2, -0.15) is 17.6 Å². The smallest absolute Gasteiger partial charge is 0.399 e. The van der Waals surface area contributed by atoms with Crippen molar-refractivity contribution in [3.8, 4) is 11.5 Å². The first-order valence-electron chi connectivity index (χ1n) is 9.79. The molecule has 0 aliphatic carbocycles. The van der Waals surface area contributed by atoms with Crippen LogP contribution in [-0.4, -0.2) is 46.9 Å². The molecule has 0 saturated carbocycles. The van der Waals surface area contributed by atoms with E-state index in [-0.39, 0.29) is 22.6 Å². The molecule has 0 aromatic heterocycles. The van der Waals surface area contributed by atoms with E-state index >= 15 is 0 Å². The maximum atomic E-state index is 13.8. The van der Waals surface area contributed by atoms with Crippen LogP contribution in [0.25, 0.3) is 0 Å². The van der Waals surface area contributed by atoms with Crippen LogP contribution >= 0.6 is 0 Å². The molecule has 3 aromatic rings. The molecule has 186 valence electrons. The summed E-state index contributed by atoms with van der Waals surface area (Å²) in [6.45, 7) is -2.36. The Balaban J connectivity index is 2.01. The number of halogens is 4. The normalized spacial score (nSPS) is 12.5. The van der Waals surface area contributed by atoms with Crippen LogP contribution in [0.2, 0.25) is 0 Å². The van der Waals surface area contributed by atoms with Crippen molar-refractivity contribution in [2.24, 2.45) is 0 Å². The predicted octanol–water partition coefficient (Wildman–Crippen LogP) is 4.21. The van der Waals surface area contributed by atoms with Crippen molar-refractivity contribution in [3.63, 3.8) is 0 Å². The molecule has 7 nitrogen and oxygen atoms in total. The van der Waals surface area contributed by atoms with Gasteiger partial charge in [-0.25, -0.2) is 13.2 Å². The number of carbonyl (C=O) groups is 1. The molecule has 0 fully saturated rings. The Morgan fingerprint density at radius 3 is 1.77 bits per heavy atom. The number of benzene rings is 3. The Morgan fingerprint density at radius 2 is 1.31 bits per heavy atom. The SMILES string of the molecule is O=C(OCC(F)(F)C(F)(F)S(=O)(=O)[O-])c1ccccc1C(c1ccc(O)cc1)c1ccc(O)cc1. The Morgan fingerprint density at radius 1 is 0.857 bits per heavy atom. The minimum atomic E-state index is -6.74. The highest BCUT2D eigenvalue weighted by atomic mass is 32.2. The lowest BCUT2D eigenvalue weighted by atomic mass is 9.83. The fourth-order valence-corrected chi connectivity index (χ4v) is 3.75. The maximum absolute atomic E-state index is 13.8. The third-order valence-corrected chi connectivity index (χ3v) is 6.00. The van der Waals surface area contributed by atoms with Gasteiger partial charge in [0.25, 0.3) is 0 Å². The molecule has 0 spiro atoms. The molecule has 3 aromatic carbocycles. The summed E-state index contributed by atoms with van der Waals surface area (Å²) in [5, 5.41) is 13.2. The topological polar surface area (TPSA) is 124 Å². The Kier molecular flexibility index (Phi) is 7.08. The second kappa shape index (κ2) is 9.55. The van der Waals surface area contributed by atoms with E-state index in [1.165, 1.54) is 72.8 Å². The number of ether oxygens (including phenoxy) is 1. The van der Waals surface area contributed by atoms with E-state index in [0.717, 1.165) is 0 Å². The van der Waals surface area contributed by atoms with Crippen LogP contribution in [0.4, 0.5) is 17.6 Å². The zero-order chi connectivity index (χ0) is 26.0. The Labute approximate surface area is 197 Å². The van der Waals surface area contributed by atoms with Gasteiger partial charge in [0.1, 0.15) is 11.5 Å². The molecule has 0 unspecified atom stereocenters. The second-order valence-electron chi connectivity index (χ2n) is 7.45. The fourth-order valence-electron chi connectivity index (χ4n) is 3.32. The van der Waals surface area contributed by atoms with Crippen molar-refractivity contribution in [2.45, 2.75) is 17.1 Å². The van der Waals surface area contributed by atoms with Crippen molar-refractivity contribution in [1.82, 2.24) is 0 Å². The van der Waals surface area contributed by atoms with Gasteiger partial charge in [0.05, 0.1) is 5.56 Å². The Hall–Kier alpha value is -3.64. The van der Waals surface area contributed by atoms with Gasteiger partial charge in [0.2, 0.25) is 0 Å². The van der Waals surface area contributed by atoms with Crippen molar-refractivity contribution >= 4 is 16.1 Å². The molecule has 0 aliphatic heterocycles. The number of hydrogen-bond donors (Lipinski definition) is 2. The van der Waals surface area contributed by atoms with E-state index in [1.54, 1.807) is 0 Å². The maximum Gasteiger partial charge on any atom is 0.399 e. The van der Waals surface area contributed by atoms with Gasteiger partial charge in [0, 0.05) is 5.92 Å². The number of carbonyl (C=O) groups excluding carboxylic acids is 1. The standard InChI is InChI=1S/C23H18F4O7S/c24-22(25,23(26,27)35(31,32)33)13-34-21(30)19-4-2-1-3-18(19)20(14-5-9-16(28)10-6-14)15-7-11-17(29)12-8-15/h1-12,20,28-29H,13H2,(H,31,32,33)/p-1. The summed E-state index contributed by atoms with van der Waals surface area (Å²) in [7, 11) is -6.74. The van der Waals surface area contributed by atoms with Crippen LogP contribution in [0, 0.1) is 0 Å². The third-order valence-electron chi connectivity index (χ3n) is 5.07. The molecule has 12 heteroatoms. The molecule has 3 rings (SSSR count). The van der Waals surface area contributed by atoms with Crippen molar-refractivity contribution in [3.05, 3.63) is 95.1 Å². The molecule has 35 heavy (non-hydrogen) atoms. The van der Waals surface area contributed by atoms with Gasteiger partial charge >= 0.3 is 17.1 Å². The predicted molar refractivity (Wildman–Crippen MR) is 113 cm³/mol. The molecule has 0 aliphatic rings. The van der Waals surface area contributed by atoms with Crippen LogP contribution in [0.1, 0.15) is 33.0 Å². The average Bonchev–Trinajstić information content (AvgIpc) is 2.79. The van der Waals surface area contributed by atoms with Gasteiger partial charge in [-0.3, -0.25) is 0 Å². The average molecular weight is 513 g/mol. The number of esters is 1. The lowest BCUT2D eigenvalue weighted by Crippen LogP contribution is -2.50. The van der Waals surface area contributed by atoms with E-state index < -0.39 is 39.8 Å². The summed E-state index contributed by atoms with van der Waals surface area (Å²) in [4.78, 5) is 12.7. The van der Waals surface area contributed by atoms with E-state index in [2.05, 4.69) is 4.74 Å². The Bertz CT molecular complexity index is 1260. The number of phenols is 2. The van der Waals surface area contributed by atoms with Crippen LogP contribution in [-0.2, 0) is 14.9 Å². The fraction of sp³-hybridized carbons (Fsp3) is 0.174. The molecule has 0 atom stereocenters. The van der Waals surface area contributed by atoms with Gasteiger partial charge in [-0.15, -0.1) is 0 Å². The van der Waals surface area contributed by atoms with Crippen LogP contribution in [0.15, 0.2) is 72.8 Å². The first-order chi connectivity index (χ1) is 16.2. The summed E-state index contributed by atoms with van der Waals surface area (Å²) in [5.41, 5.74) is 0.953. The van der Waals surface area contributed by atoms with Gasteiger partial charge in [0.15, 0.2) is 16.7 Å². The lowest BCUT2D eigenvalue weighted by Gasteiger charge is -2.28. The molecule has 0 saturated heterocycles. The zero-order valence-electron chi connectivity index (χ0n) is 17.6. The van der Waals surface area contributed by atoms with Crippen LogP contribution < -0.4 is 0 Å². The number of hydrogen-bond acceptors (Lipinski definition) is 7. The third kappa shape index (κ3) is 5.38. The second-order valence-corrected chi connectivity index (χ2v) is 8.88. The number of rotatable bonds is 8. The minimum Gasteiger partial charge on any atom is -0.743 e. The van der Waals surface area contributed by atoms with Crippen LogP contribution in [0.3, 0.4) is 0 Å². The largest absolute Gasteiger partial charge is 0.743 e.